The largest absolute Gasteiger partial charge is 0.409 e. The van der Waals surface area contributed by atoms with E-state index in [1.165, 1.54) is 6.07 Å². The summed E-state index contributed by atoms with van der Waals surface area (Å²) in [6, 6.07) is 6.62. The maximum Gasteiger partial charge on any atom is 0.142 e. The zero-order valence-corrected chi connectivity index (χ0v) is 9.25. The molecule has 1 unspecified atom stereocenters. The number of oxime groups is 1. The van der Waals surface area contributed by atoms with Crippen LogP contribution in [0.25, 0.3) is 0 Å². The maximum atomic E-state index is 13.1. The van der Waals surface area contributed by atoms with E-state index in [0.29, 0.717) is 17.7 Å². The summed E-state index contributed by atoms with van der Waals surface area (Å²) in [5.41, 5.74) is 6.51. The Balaban J connectivity index is 1.69. The van der Waals surface area contributed by atoms with Gasteiger partial charge in [0.15, 0.2) is 0 Å². The fourth-order valence-electron chi connectivity index (χ4n) is 2.92. The first kappa shape index (κ1) is 10.4. The molecule has 1 saturated heterocycles. The summed E-state index contributed by atoms with van der Waals surface area (Å²) in [7, 11) is 0. The Hall–Kier alpha value is -1.78. The van der Waals surface area contributed by atoms with Crippen molar-refractivity contribution < 1.29 is 9.60 Å². The number of hydrogen-bond acceptors (Lipinski definition) is 3. The second-order valence-electron chi connectivity index (χ2n) is 4.76. The van der Waals surface area contributed by atoms with Gasteiger partial charge in [0.1, 0.15) is 11.7 Å². The molecule has 1 saturated carbocycles. The highest BCUT2D eigenvalue weighted by molar-refractivity contribution is 5.86. The minimum Gasteiger partial charge on any atom is -0.409 e. The number of anilines is 1. The SMILES string of the molecule is N/C(=N\O)C1[C@H]2CN(c3cccc(F)c3)C[C@@H]12. The molecule has 0 bridgehead atoms. The summed E-state index contributed by atoms with van der Waals surface area (Å²) in [5, 5.41) is 11.7. The van der Waals surface area contributed by atoms with E-state index in [2.05, 4.69) is 10.1 Å². The highest BCUT2D eigenvalue weighted by atomic mass is 19.1. The summed E-state index contributed by atoms with van der Waals surface area (Å²) in [6.07, 6.45) is 0. The van der Waals surface area contributed by atoms with E-state index in [-0.39, 0.29) is 11.7 Å². The van der Waals surface area contributed by atoms with Crippen molar-refractivity contribution in [3.63, 3.8) is 0 Å². The van der Waals surface area contributed by atoms with Crippen LogP contribution in [0.15, 0.2) is 29.4 Å². The number of fused-ring (bicyclic) bond motifs is 1. The molecule has 1 aromatic carbocycles. The van der Waals surface area contributed by atoms with E-state index in [1.54, 1.807) is 12.1 Å². The van der Waals surface area contributed by atoms with Crippen molar-refractivity contribution in [2.45, 2.75) is 0 Å². The minimum atomic E-state index is -0.212. The third kappa shape index (κ3) is 1.62. The van der Waals surface area contributed by atoms with Crippen molar-refractivity contribution in [2.24, 2.45) is 28.6 Å². The van der Waals surface area contributed by atoms with Gasteiger partial charge in [-0.3, -0.25) is 0 Å². The Bertz CT molecular complexity index is 465. The Morgan fingerprint density at radius 1 is 1.41 bits per heavy atom. The van der Waals surface area contributed by atoms with Crippen LogP contribution in [0, 0.1) is 23.6 Å². The summed E-state index contributed by atoms with van der Waals surface area (Å²) < 4.78 is 13.1. The molecule has 90 valence electrons. The molecule has 3 rings (SSSR count). The lowest BCUT2D eigenvalue weighted by molar-refractivity contribution is 0.315. The molecular formula is C12H14FN3O. The molecule has 17 heavy (non-hydrogen) atoms. The lowest BCUT2D eigenvalue weighted by atomic mass is 10.2. The Morgan fingerprint density at radius 3 is 2.71 bits per heavy atom. The van der Waals surface area contributed by atoms with Gasteiger partial charge in [0, 0.05) is 24.7 Å². The molecule has 0 radical (unpaired) electrons. The van der Waals surface area contributed by atoms with Gasteiger partial charge in [0.2, 0.25) is 0 Å². The van der Waals surface area contributed by atoms with Crippen molar-refractivity contribution in [1.82, 2.24) is 0 Å². The predicted octanol–water partition coefficient (Wildman–Crippen LogP) is 1.25. The number of benzene rings is 1. The van der Waals surface area contributed by atoms with Crippen LogP contribution in [-0.2, 0) is 0 Å². The average molecular weight is 235 g/mol. The van der Waals surface area contributed by atoms with Crippen LogP contribution in [0.1, 0.15) is 0 Å². The van der Waals surface area contributed by atoms with Crippen molar-refractivity contribution in [3.05, 3.63) is 30.1 Å². The van der Waals surface area contributed by atoms with Gasteiger partial charge in [-0.05, 0) is 30.0 Å². The van der Waals surface area contributed by atoms with E-state index < -0.39 is 0 Å². The smallest absolute Gasteiger partial charge is 0.142 e. The van der Waals surface area contributed by atoms with Gasteiger partial charge in [-0.15, -0.1) is 0 Å². The minimum absolute atomic E-state index is 0.212. The lowest BCUT2D eigenvalue weighted by Gasteiger charge is -2.21. The van der Waals surface area contributed by atoms with Crippen LogP contribution in [0.2, 0.25) is 0 Å². The van der Waals surface area contributed by atoms with E-state index in [1.807, 2.05) is 6.07 Å². The third-order valence-electron chi connectivity index (χ3n) is 3.82. The van der Waals surface area contributed by atoms with Crippen molar-refractivity contribution in [1.29, 1.82) is 0 Å². The summed E-state index contributed by atoms with van der Waals surface area (Å²) in [6.45, 7) is 1.71. The van der Waals surface area contributed by atoms with Crippen molar-refractivity contribution in [2.75, 3.05) is 18.0 Å². The molecule has 1 heterocycles. The van der Waals surface area contributed by atoms with Gasteiger partial charge >= 0.3 is 0 Å². The molecule has 0 spiro atoms. The lowest BCUT2D eigenvalue weighted by Crippen LogP contribution is -2.28. The molecule has 0 amide bonds. The highest BCUT2D eigenvalue weighted by Crippen LogP contribution is 2.52. The van der Waals surface area contributed by atoms with Crippen LogP contribution in [0.3, 0.4) is 0 Å². The van der Waals surface area contributed by atoms with Gasteiger partial charge in [0.25, 0.3) is 0 Å². The van der Waals surface area contributed by atoms with Crippen LogP contribution >= 0.6 is 0 Å². The topological polar surface area (TPSA) is 61.9 Å². The second kappa shape index (κ2) is 3.61. The van der Waals surface area contributed by atoms with Gasteiger partial charge in [-0.2, -0.15) is 0 Å². The molecule has 1 aliphatic heterocycles. The van der Waals surface area contributed by atoms with Crippen LogP contribution in [-0.4, -0.2) is 24.1 Å². The number of piperidine rings is 1. The van der Waals surface area contributed by atoms with Crippen LogP contribution < -0.4 is 10.6 Å². The number of hydrogen-bond donors (Lipinski definition) is 2. The zero-order valence-electron chi connectivity index (χ0n) is 9.25. The summed E-state index contributed by atoms with van der Waals surface area (Å²) in [5.74, 6) is 1.24. The van der Waals surface area contributed by atoms with Crippen molar-refractivity contribution in [3.8, 4) is 0 Å². The fourth-order valence-corrected chi connectivity index (χ4v) is 2.92. The number of nitrogens with zero attached hydrogens (tertiary/aromatic N) is 2. The molecule has 0 aromatic heterocycles. The van der Waals surface area contributed by atoms with Crippen LogP contribution in [0.4, 0.5) is 10.1 Å². The molecule has 4 nitrogen and oxygen atoms in total. The third-order valence-corrected chi connectivity index (χ3v) is 3.82. The predicted molar refractivity (Wildman–Crippen MR) is 62.5 cm³/mol. The van der Waals surface area contributed by atoms with E-state index in [9.17, 15) is 4.39 Å². The fraction of sp³-hybridized carbons (Fsp3) is 0.417. The van der Waals surface area contributed by atoms with Crippen LogP contribution in [0.5, 0.6) is 0 Å². The van der Waals surface area contributed by atoms with Gasteiger partial charge in [0.05, 0.1) is 0 Å². The molecule has 5 heteroatoms. The molecular weight excluding hydrogens is 221 g/mol. The number of nitrogens with two attached hydrogens (primary N) is 1. The number of halogens is 1. The monoisotopic (exact) mass is 235 g/mol. The summed E-state index contributed by atoms with van der Waals surface area (Å²) in [4.78, 5) is 2.15. The molecule has 1 aromatic rings. The average Bonchev–Trinajstić information content (AvgIpc) is 2.82. The molecule has 1 aliphatic carbocycles. The number of rotatable bonds is 2. The van der Waals surface area contributed by atoms with Crippen molar-refractivity contribution >= 4 is 11.5 Å². The molecule has 2 aliphatic rings. The van der Waals surface area contributed by atoms with E-state index >= 15 is 0 Å². The van der Waals surface area contributed by atoms with E-state index in [4.69, 9.17) is 10.9 Å². The molecule has 3 N–H and O–H groups in total. The number of amidine groups is 1. The molecule has 3 atom stereocenters. The van der Waals surface area contributed by atoms with Gasteiger partial charge in [-0.25, -0.2) is 4.39 Å². The standard InChI is InChI=1S/C12H14FN3O/c13-7-2-1-3-8(4-7)16-5-9-10(6-16)11(9)12(14)15-17/h1-4,9-11,17H,5-6H2,(H2,14,15)/t9-,10+,11?. The Labute approximate surface area is 98.5 Å². The Kier molecular flexibility index (Phi) is 2.21. The first-order chi connectivity index (χ1) is 8.20. The zero-order chi connectivity index (χ0) is 12.0. The van der Waals surface area contributed by atoms with Gasteiger partial charge in [-0.1, -0.05) is 11.2 Å². The first-order valence-electron chi connectivity index (χ1n) is 5.68. The maximum absolute atomic E-state index is 13.1. The first-order valence-corrected chi connectivity index (χ1v) is 5.68. The highest BCUT2D eigenvalue weighted by Gasteiger charge is 2.57. The Morgan fingerprint density at radius 2 is 2.12 bits per heavy atom. The summed E-state index contributed by atoms with van der Waals surface area (Å²) >= 11 is 0. The molecule has 2 fully saturated rings. The second-order valence-corrected chi connectivity index (χ2v) is 4.76. The normalized spacial score (nSPS) is 31.5. The van der Waals surface area contributed by atoms with E-state index in [0.717, 1.165) is 18.8 Å². The quantitative estimate of drug-likeness (QED) is 0.351. The van der Waals surface area contributed by atoms with Gasteiger partial charge < -0.3 is 15.8 Å².